The van der Waals surface area contributed by atoms with Gasteiger partial charge < -0.3 is 5.73 Å². The monoisotopic (exact) mass is 245 g/mol. The highest BCUT2D eigenvalue weighted by molar-refractivity contribution is 7.09. The maximum atomic E-state index is 5.98. The van der Waals surface area contributed by atoms with Gasteiger partial charge in [-0.2, -0.15) is 9.36 Å². The van der Waals surface area contributed by atoms with Crippen molar-refractivity contribution in [2.45, 2.75) is 0 Å². The Morgan fingerprint density at radius 2 is 2.07 bits per heavy atom. The van der Waals surface area contributed by atoms with E-state index in [1.165, 1.54) is 11.5 Å². The van der Waals surface area contributed by atoms with Crippen molar-refractivity contribution >= 4 is 40.7 Å². The molecule has 0 fully saturated rings. The van der Waals surface area contributed by atoms with Gasteiger partial charge in [-0.15, -0.1) is 0 Å². The maximum Gasteiger partial charge on any atom is 0.232 e. The maximum absolute atomic E-state index is 5.98. The van der Waals surface area contributed by atoms with E-state index in [1.54, 1.807) is 18.2 Å². The highest BCUT2D eigenvalue weighted by Crippen LogP contribution is 2.31. The van der Waals surface area contributed by atoms with E-state index in [2.05, 4.69) is 9.36 Å². The van der Waals surface area contributed by atoms with Crippen LogP contribution in [0.3, 0.4) is 0 Å². The van der Waals surface area contributed by atoms with Gasteiger partial charge in [0.25, 0.3) is 0 Å². The third kappa shape index (κ3) is 1.82. The molecule has 2 aromatic rings. The minimum absolute atomic E-state index is 0.251. The largest absolute Gasteiger partial charge is 0.367 e. The fourth-order valence-electron chi connectivity index (χ4n) is 1.01. The Balaban J connectivity index is 2.55. The van der Waals surface area contributed by atoms with Crippen LogP contribution < -0.4 is 5.73 Å². The van der Waals surface area contributed by atoms with E-state index < -0.39 is 0 Å². The van der Waals surface area contributed by atoms with Crippen molar-refractivity contribution in [1.82, 2.24) is 9.36 Å². The minimum atomic E-state index is 0.251. The molecule has 0 bridgehead atoms. The third-order valence-electron chi connectivity index (χ3n) is 1.60. The van der Waals surface area contributed by atoms with Crippen LogP contribution in [0.25, 0.3) is 10.6 Å². The van der Waals surface area contributed by atoms with Crippen molar-refractivity contribution in [3.8, 4) is 10.6 Å². The minimum Gasteiger partial charge on any atom is -0.367 e. The van der Waals surface area contributed by atoms with Crippen LogP contribution in [-0.2, 0) is 0 Å². The topological polar surface area (TPSA) is 51.8 Å². The zero-order valence-corrected chi connectivity index (χ0v) is 9.20. The first-order valence-corrected chi connectivity index (χ1v) is 5.24. The van der Waals surface area contributed by atoms with Crippen molar-refractivity contribution in [3.05, 3.63) is 28.2 Å². The number of nitrogens with zero attached hydrogens (tertiary/aromatic N) is 2. The molecule has 1 aromatic carbocycles. The van der Waals surface area contributed by atoms with Gasteiger partial charge >= 0.3 is 0 Å². The molecule has 1 aromatic heterocycles. The lowest BCUT2D eigenvalue weighted by molar-refractivity contribution is 1.34. The zero-order chi connectivity index (χ0) is 10.1. The molecule has 2 rings (SSSR count). The van der Waals surface area contributed by atoms with Crippen LogP contribution >= 0.6 is 34.7 Å². The molecule has 0 saturated carbocycles. The van der Waals surface area contributed by atoms with Crippen LogP contribution in [0, 0.1) is 0 Å². The molecule has 0 amide bonds. The van der Waals surface area contributed by atoms with Gasteiger partial charge in [0.1, 0.15) is 5.01 Å². The molecule has 0 saturated heterocycles. The summed E-state index contributed by atoms with van der Waals surface area (Å²) in [6, 6.07) is 5.18. The Kier molecular flexibility index (Phi) is 2.58. The Bertz CT molecular complexity index is 469. The molecule has 0 unspecified atom stereocenters. The molecular weight excluding hydrogens is 241 g/mol. The van der Waals surface area contributed by atoms with Gasteiger partial charge in [0.05, 0.1) is 5.02 Å². The molecule has 0 radical (unpaired) electrons. The predicted octanol–water partition coefficient (Wildman–Crippen LogP) is 3.09. The molecule has 14 heavy (non-hydrogen) atoms. The first-order chi connectivity index (χ1) is 6.66. The molecule has 2 N–H and O–H groups in total. The smallest absolute Gasteiger partial charge is 0.232 e. The summed E-state index contributed by atoms with van der Waals surface area (Å²) in [6.07, 6.45) is 0. The first-order valence-electron chi connectivity index (χ1n) is 3.71. The Morgan fingerprint density at radius 1 is 1.29 bits per heavy atom. The van der Waals surface area contributed by atoms with E-state index in [0.717, 1.165) is 5.56 Å². The van der Waals surface area contributed by atoms with Crippen LogP contribution in [0.15, 0.2) is 18.2 Å². The van der Waals surface area contributed by atoms with Gasteiger partial charge in [-0.3, -0.25) is 0 Å². The van der Waals surface area contributed by atoms with Crippen LogP contribution in [-0.4, -0.2) is 9.36 Å². The van der Waals surface area contributed by atoms with E-state index >= 15 is 0 Å². The number of halogens is 2. The average Bonchev–Trinajstić information content (AvgIpc) is 2.56. The summed E-state index contributed by atoms with van der Waals surface area (Å²) < 4.78 is 3.87. The van der Waals surface area contributed by atoms with E-state index in [1.807, 2.05) is 0 Å². The molecule has 0 aliphatic heterocycles. The Hall–Kier alpha value is -0.840. The van der Waals surface area contributed by atoms with Crippen molar-refractivity contribution in [2.24, 2.45) is 0 Å². The fourth-order valence-corrected chi connectivity index (χ4v) is 2.06. The highest BCUT2D eigenvalue weighted by Gasteiger charge is 2.08. The number of benzene rings is 1. The molecule has 72 valence electrons. The van der Waals surface area contributed by atoms with Crippen molar-refractivity contribution in [3.63, 3.8) is 0 Å². The number of nitrogens with two attached hydrogens (primary N) is 1. The Labute approximate surface area is 94.7 Å². The molecule has 3 nitrogen and oxygen atoms in total. The summed E-state index contributed by atoms with van der Waals surface area (Å²) in [4.78, 5) is 4.02. The predicted molar refractivity (Wildman–Crippen MR) is 59.8 cm³/mol. The number of nitrogen functional groups attached to an aromatic ring is 1. The van der Waals surface area contributed by atoms with Gasteiger partial charge in [0.2, 0.25) is 5.95 Å². The van der Waals surface area contributed by atoms with Gasteiger partial charge in [-0.25, -0.2) is 0 Å². The summed E-state index contributed by atoms with van der Waals surface area (Å²) in [5.41, 5.74) is 6.17. The lowest BCUT2D eigenvalue weighted by Crippen LogP contribution is -1.86. The summed E-state index contributed by atoms with van der Waals surface area (Å²) in [7, 11) is 0. The number of aromatic nitrogens is 2. The van der Waals surface area contributed by atoms with Crippen molar-refractivity contribution in [1.29, 1.82) is 0 Å². The van der Waals surface area contributed by atoms with Crippen LogP contribution in [0.2, 0.25) is 10.0 Å². The number of hydrogen-bond donors (Lipinski definition) is 1. The molecule has 0 aliphatic carbocycles. The van der Waals surface area contributed by atoms with E-state index in [0.29, 0.717) is 15.1 Å². The number of anilines is 1. The van der Waals surface area contributed by atoms with Gasteiger partial charge in [0.15, 0.2) is 0 Å². The molecule has 0 spiro atoms. The molecular formula is C8H5Cl2N3S. The lowest BCUT2D eigenvalue weighted by Gasteiger charge is -1.99. The van der Waals surface area contributed by atoms with Gasteiger partial charge in [0, 0.05) is 10.6 Å². The SMILES string of the molecule is Nc1nsc(-c2cc(Cl)ccc2Cl)n1. The van der Waals surface area contributed by atoms with E-state index in [9.17, 15) is 0 Å². The quantitative estimate of drug-likeness (QED) is 0.841. The highest BCUT2D eigenvalue weighted by atomic mass is 35.5. The summed E-state index contributed by atoms with van der Waals surface area (Å²) in [5, 5.41) is 1.87. The normalized spacial score (nSPS) is 10.4. The summed E-state index contributed by atoms with van der Waals surface area (Å²) >= 11 is 13.0. The zero-order valence-electron chi connectivity index (χ0n) is 6.87. The van der Waals surface area contributed by atoms with Crippen molar-refractivity contribution in [2.75, 3.05) is 5.73 Å². The average molecular weight is 246 g/mol. The number of hydrogen-bond acceptors (Lipinski definition) is 4. The standard InChI is InChI=1S/C8H5Cl2N3S/c9-4-1-2-6(10)5(3-4)7-12-8(11)13-14-7/h1-3H,(H2,11,13). The van der Waals surface area contributed by atoms with Crippen LogP contribution in [0.1, 0.15) is 0 Å². The first kappa shape index (κ1) is 9.71. The second kappa shape index (κ2) is 3.73. The summed E-state index contributed by atoms with van der Waals surface area (Å²) in [6.45, 7) is 0. The van der Waals surface area contributed by atoms with E-state index in [-0.39, 0.29) is 5.95 Å². The number of rotatable bonds is 1. The summed E-state index contributed by atoms with van der Waals surface area (Å²) in [5.74, 6) is 0.251. The second-order valence-electron chi connectivity index (χ2n) is 2.58. The molecule has 0 aliphatic rings. The third-order valence-corrected chi connectivity index (χ3v) is 2.93. The second-order valence-corrected chi connectivity index (χ2v) is 4.18. The Morgan fingerprint density at radius 3 is 2.71 bits per heavy atom. The van der Waals surface area contributed by atoms with Gasteiger partial charge in [-0.1, -0.05) is 23.2 Å². The van der Waals surface area contributed by atoms with Crippen LogP contribution in [0.4, 0.5) is 5.95 Å². The molecule has 1 heterocycles. The van der Waals surface area contributed by atoms with Gasteiger partial charge in [-0.05, 0) is 29.7 Å². The molecule has 0 atom stereocenters. The fraction of sp³-hybridized carbons (Fsp3) is 0. The van der Waals surface area contributed by atoms with Crippen LogP contribution in [0.5, 0.6) is 0 Å². The lowest BCUT2D eigenvalue weighted by atomic mass is 10.2. The molecule has 6 heteroatoms. The van der Waals surface area contributed by atoms with Crippen molar-refractivity contribution < 1.29 is 0 Å². The van der Waals surface area contributed by atoms with E-state index in [4.69, 9.17) is 28.9 Å².